The average molecular weight is 375 g/mol. The zero-order valence-electron chi connectivity index (χ0n) is 15.4. The maximum Gasteiger partial charge on any atom is 0.405 e. The number of nitrogens with one attached hydrogen (secondary N) is 2. The molecule has 0 aromatic heterocycles. The molecule has 0 radical (unpaired) electrons. The normalized spacial score (nSPS) is 24.8. The Balaban J connectivity index is 1.91. The summed E-state index contributed by atoms with van der Waals surface area (Å²) in [6.45, 7) is 3.64. The van der Waals surface area contributed by atoms with Crippen molar-refractivity contribution in [1.29, 1.82) is 0 Å². The summed E-state index contributed by atoms with van der Waals surface area (Å²) in [5.74, 6) is -0.492. The second-order valence-electron chi connectivity index (χ2n) is 7.72. The van der Waals surface area contributed by atoms with E-state index in [9.17, 15) is 19.5 Å². The lowest BCUT2D eigenvalue weighted by Gasteiger charge is -2.29. The molecule has 4 N–H and O–H groups in total. The third kappa shape index (κ3) is 3.37. The van der Waals surface area contributed by atoms with Crippen LogP contribution in [0.1, 0.15) is 32.3 Å². The number of aliphatic hydroxyl groups is 1. The van der Waals surface area contributed by atoms with Crippen LogP contribution in [-0.4, -0.2) is 58.3 Å². The van der Waals surface area contributed by atoms with Gasteiger partial charge in [0.25, 0.3) is 0 Å². The topological polar surface area (TPSA) is 119 Å². The fourth-order valence-corrected chi connectivity index (χ4v) is 4.19. The molecule has 0 saturated carbocycles. The molecule has 3 rings (SSSR count). The maximum absolute atomic E-state index is 13.1. The van der Waals surface area contributed by atoms with Gasteiger partial charge in [0, 0.05) is 12.2 Å². The van der Waals surface area contributed by atoms with Gasteiger partial charge in [0.15, 0.2) is 0 Å². The highest BCUT2D eigenvalue weighted by Gasteiger charge is 2.56. The number of amides is 3. The first kappa shape index (κ1) is 19.2. The number of fused-ring (bicyclic) bond motifs is 2. The molecular formula is C19H25N3O5. The molecule has 1 aromatic carbocycles. The number of carboxylic acid groups (broad SMARTS) is 1. The van der Waals surface area contributed by atoms with Crippen LogP contribution in [0.4, 0.5) is 10.5 Å². The SMILES string of the molecule is CC(C)CC(NC(=O)O)C(=O)N1C[C@]2(C[C@H]1CO)C(=O)Nc1ccccc12. The van der Waals surface area contributed by atoms with Crippen molar-refractivity contribution in [2.45, 2.75) is 44.2 Å². The van der Waals surface area contributed by atoms with Gasteiger partial charge in [-0.2, -0.15) is 0 Å². The second kappa shape index (κ2) is 7.19. The van der Waals surface area contributed by atoms with Gasteiger partial charge in [-0.3, -0.25) is 9.59 Å². The van der Waals surface area contributed by atoms with Crippen molar-refractivity contribution in [2.75, 3.05) is 18.5 Å². The fraction of sp³-hybridized carbons (Fsp3) is 0.526. The van der Waals surface area contributed by atoms with Crippen molar-refractivity contribution in [3.8, 4) is 0 Å². The molecule has 2 aliphatic rings. The Morgan fingerprint density at radius 3 is 2.70 bits per heavy atom. The summed E-state index contributed by atoms with van der Waals surface area (Å²) in [6, 6.07) is 5.89. The van der Waals surface area contributed by atoms with E-state index in [1.807, 2.05) is 38.1 Å². The molecule has 2 aliphatic heterocycles. The van der Waals surface area contributed by atoms with E-state index >= 15 is 0 Å². The minimum atomic E-state index is -1.27. The van der Waals surface area contributed by atoms with Crippen molar-refractivity contribution in [3.05, 3.63) is 29.8 Å². The van der Waals surface area contributed by atoms with Crippen LogP contribution in [0.5, 0.6) is 0 Å². The van der Waals surface area contributed by atoms with Crippen LogP contribution in [0.15, 0.2) is 24.3 Å². The van der Waals surface area contributed by atoms with Gasteiger partial charge in [0.2, 0.25) is 11.8 Å². The van der Waals surface area contributed by atoms with Crippen LogP contribution in [0.3, 0.4) is 0 Å². The molecule has 1 unspecified atom stereocenters. The minimum absolute atomic E-state index is 0.102. The summed E-state index contributed by atoms with van der Waals surface area (Å²) >= 11 is 0. The molecule has 1 fully saturated rings. The number of hydrogen-bond donors (Lipinski definition) is 4. The zero-order valence-corrected chi connectivity index (χ0v) is 15.4. The monoisotopic (exact) mass is 375 g/mol. The van der Waals surface area contributed by atoms with Gasteiger partial charge < -0.3 is 25.7 Å². The highest BCUT2D eigenvalue weighted by molar-refractivity contribution is 6.07. The third-order valence-electron chi connectivity index (χ3n) is 5.39. The van der Waals surface area contributed by atoms with Crippen molar-refractivity contribution in [3.63, 3.8) is 0 Å². The van der Waals surface area contributed by atoms with Crippen LogP contribution in [0.25, 0.3) is 0 Å². The van der Waals surface area contributed by atoms with E-state index in [4.69, 9.17) is 5.11 Å². The molecule has 0 bridgehead atoms. The number of aliphatic hydroxyl groups excluding tert-OH is 1. The third-order valence-corrected chi connectivity index (χ3v) is 5.39. The molecule has 3 atom stereocenters. The Morgan fingerprint density at radius 2 is 2.07 bits per heavy atom. The van der Waals surface area contributed by atoms with Crippen LogP contribution in [0.2, 0.25) is 0 Å². The lowest BCUT2D eigenvalue weighted by molar-refractivity contribution is -0.135. The largest absolute Gasteiger partial charge is 0.465 e. The van der Waals surface area contributed by atoms with Crippen LogP contribution >= 0.6 is 0 Å². The van der Waals surface area contributed by atoms with Gasteiger partial charge in [-0.05, 0) is 30.4 Å². The molecule has 1 aromatic rings. The van der Waals surface area contributed by atoms with E-state index in [1.165, 1.54) is 4.90 Å². The fourth-order valence-electron chi connectivity index (χ4n) is 4.19. The summed E-state index contributed by atoms with van der Waals surface area (Å²) < 4.78 is 0. The number of hydrogen-bond acceptors (Lipinski definition) is 4. The minimum Gasteiger partial charge on any atom is -0.465 e. The van der Waals surface area contributed by atoms with Crippen LogP contribution in [-0.2, 0) is 15.0 Å². The summed E-state index contributed by atoms with van der Waals surface area (Å²) in [5, 5.41) is 24.1. The number of anilines is 1. The molecular weight excluding hydrogens is 350 g/mol. The Bertz CT molecular complexity index is 765. The Kier molecular flexibility index (Phi) is 5.10. The maximum atomic E-state index is 13.1. The first-order valence-electron chi connectivity index (χ1n) is 9.10. The van der Waals surface area contributed by atoms with Crippen molar-refractivity contribution in [2.24, 2.45) is 5.92 Å². The van der Waals surface area contributed by atoms with Gasteiger partial charge in [-0.15, -0.1) is 0 Å². The highest BCUT2D eigenvalue weighted by atomic mass is 16.4. The van der Waals surface area contributed by atoms with Crippen molar-refractivity contribution in [1.82, 2.24) is 10.2 Å². The van der Waals surface area contributed by atoms with Crippen molar-refractivity contribution < 1.29 is 24.6 Å². The molecule has 1 saturated heterocycles. The molecule has 0 aliphatic carbocycles. The van der Waals surface area contributed by atoms with Gasteiger partial charge in [-0.1, -0.05) is 32.0 Å². The van der Waals surface area contributed by atoms with E-state index in [0.717, 1.165) is 11.3 Å². The highest BCUT2D eigenvalue weighted by Crippen LogP contribution is 2.46. The van der Waals surface area contributed by atoms with Crippen LogP contribution in [0, 0.1) is 5.92 Å². The number of nitrogens with zero attached hydrogens (tertiary/aromatic N) is 1. The molecule has 1 spiro atoms. The smallest absolute Gasteiger partial charge is 0.405 e. The molecule has 8 nitrogen and oxygen atoms in total. The number of carbonyl (C=O) groups is 3. The number of rotatable bonds is 5. The molecule has 27 heavy (non-hydrogen) atoms. The summed E-state index contributed by atoms with van der Waals surface area (Å²) in [6.07, 6.45) is -0.623. The summed E-state index contributed by atoms with van der Waals surface area (Å²) in [7, 11) is 0. The van der Waals surface area contributed by atoms with E-state index in [-0.39, 0.29) is 25.0 Å². The first-order valence-corrected chi connectivity index (χ1v) is 9.10. The van der Waals surface area contributed by atoms with Gasteiger partial charge in [-0.25, -0.2) is 4.79 Å². The zero-order chi connectivity index (χ0) is 19.8. The molecule has 3 amide bonds. The lowest BCUT2D eigenvalue weighted by Crippen LogP contribution is -2.51. The van der Waals surface area contributed by atoms with E-state index in [0.29, 0.717) is 12.8 Å². The standard InChI is InChI=1S/C19H25N3O5/c1-11(2)7-15(21-18(26)27)16(24)22-10-19(8-12(22)9-23)13-5-3-4-6-14(13)20-17(19)25/h3-6,11-12,15,21,23H,7-10H2,1-2H3,(H,20,25)(H,26,27)/t12-,15?,19-/m0/s1. The van der Waals surface area contributed by atoms with E-state index in [2.05, 4.69) is 10.6 Å². The number of para-hydroxylation sites is 1. The second-order valence-corrected chi connectivity index (χ2v) is 7.72. The Hall–Kier alpha value is -2.61. The predicted molar refractivity (Wildman–Crippen MR) is 98.4 cm³/mol. The molecule has 8 heteroatoms. The number of likely N-dealkylation sites (tertiary alicyclic amines) is 1. The average Bonchev–Trinajstić information content (AvgIpc) is 3.12. The Morgan fingerprint density at radius 1 is 1.37 bits per heavy atom. The molecule has 146 valence electrons. The van der Waals surface area contributed by atoms with Crippen LogP contribution < -0.4 is 10.6 Å². The summed E-state index contributed by atoms with van der Waals surface area (Å²) in [5.41, 5.74) is 0.622. The Labute approximate surface area is 157 Å². The quantitative estimate of drug-likeness (QED) is 0.616. The number of carbonyl (C=O) groups excluding carboxylic acids is 2. The van der Waals surface area contributed by atoms with Gasteiger partial charge >= 0.3 is 6.09 Å². The van der Waals surface area contributed by atoms with Crippen molar-refractivity contribution >= 4 is 23.6 Å². The first-order chi connectivity index (χ1) is 12.8. The molecule has 2 heterocycles. The van der Waals surface area contributed by atoms with Gasteiger partial charge in [0.05, 0.1) is 18.1 Å². The van der Waals surface area contributed by atoms with E-state index in [1.54, 1.807) is 0 Å². The number of benzene rings is 1. The van der Waals surface area contributed by atoms with E-state index < -0.39 is 29.5 Å². The van der Waals surface area contributed by atoms with Gasteiger partial charge in [0.1, 0.15) is 6.04 Å². The lowest BCUT2D eigenvalue weighted by atomic mass is 9.79. The summed E-state index contributed by atoms with van der Waals surface area (Å²) in [4.78, 5) is 38.5. The predicted octanol–water partition coefficient (Wildman–Crippen LogP) is 1.15.